The van der Waals surface area contributed by atoms with E-state index < -0.39 is 0 Å². The van der Waals surface area contributed by atoms with Gasteiger partial charge >= 0.3 is 0 Å². The summed E-state index contributed by atoms with van der Waals surface area (Å²) in [4.78, 5) is 0. The van der Waals surface area contributed by atoms with Crippen molar-refractivity contribution in [2.45, 2.75) is 52.4 Å². The van der Waals surface area contributed by atoms with Gasteiger partial charge in [0, 0.05) is 6.61 Å². The molecule has 0 aliphatic rings. The zero-order valence-corrected chi connectivity index (χ0v) is 9.89. The van der Waals surface area contributed by atoms with Gasteiger partial charge in [-0.2, -0.15) is 0 Å². The minimum Gasteiger partial charge on any atom is -0.396 e. The number of hydrogen-bond donors (Lipinski definition) is 2. The maximum absolute atomic E-state index is 8.57. The molecule has 0 amide bonds. The second-order valence-corrected chi connectivity index (χ2v) is 4.42. The van der Waals surface area contributed by atoms with Gasteiger partial charge in [0.1, 0.15) is 0 Å². The minimum absolute atomic E-state index is 0.342. The van der Waals surface area contributed by atoms with Gasteiger partial charge in [0.05, 0.1) is 0 Å². The number of hydrogen-bond acceptors (Lipinski definition) is 2. The maximum Gasteiger partial charge on any atom is 0.0431 e. The summed E-state index contributed by atoms with van der Waals surface area (Å²) in [5, 5.41) is 12.0. The van der Waals surface area contributed by atoms with Crippen LogP contribution in [0.3, 0.4) is 0 Å². The van der Waals surface area contributed by atoms with E-state index in [4.69, 9.17) is 5.11 Å². The average molecular weight is 201 g/mol. The van der Waals surface area contributed by atoms with E-state index in [-0.39, 0.29) is 0 Å². The highest BCUT2D eigenvalue weighted by atomic mass is 16.2. The van der Waals surface area contributed by atoms with Crippen LogP contribution in [0.25, 0.3) is 0 Å². The minimum atomic E-state index is 0.342. The second kappa shape index (κ2) is 11.0. The van der Waals surface area contributed by atoms with E-state index in [1.165, 1.54) is 25.7 Å². The van der Waals surface area contributed by atoms with E-state index in [9.17, 15) is 0 Å². The number of nitrogens with one attached hydrogen (secondary N) is 1. The summed E-state index contributed by atoms with van der Waals surface area (Å²) >= 11 is 0. The molecule has 0 unspecified atom stereocenters. The summed E-state index contributed by atoms with van der Waals surface area (Å²) in [5.41, 5.74) is 0. The highest BCUT2D eigenvalue weighted by Crippen LogP contribution is 2.05. The molecule has 14 heavy (non-hydrogen) atoms. The third-order valence-electron chi connectivity index (χ3n) is 2.40. The van der Waals surface area contributed by atoms with E-state index in [2.05, 4.69) is 19.2 Å². The first-order valence-electron chi connectivity index (χ1n) is 6.09. The summed E-state index contributed by atoms with van der Waals surface area (Å²) in [6, 6.07) is 0. The molecule has 0 radical (unpaired) electrons. The van der Waals surface area contributed by atoms with Crippen molar-refractivity contribution in [1.82, 2.24) is 5.32 Å². The summed E-state index contributed by atoms with van der Waals surface area (Å²) in [5.74, 6) is 0.847. The SMILES string of the molecule is CC(C)CCCCNCCCCCO. The summed E-state index contributed by atoms with van der Waals surface area (Å²) in [7, 11) is 0. The Morgan fingerprint density at radius 3 is 2.14 bits per heavy atom. The molecule has 0 fully saturated rings. The van der Waals surface area contributed by atoms with Crippen LogP contribution < -0.4 is 5.32 Å². The van der Waals surface area contributed by atoms with Gasteiger partial charge in [0.2, 0.25) is 0 Å². The highest BCUT2D eigenvalue weighted by molar-refractivity contribution is 4.51. The molecular weight excluding hydrogens is 174 g/mol. The predicted molar refractivity (Wildman–Crippen MR) is 62.5 cm³/mol. The van der Waals surface area contributed by atoms with Crippen LogP contribution in [0.5, 0.6) is 0 Å². The molecule has 0 aromatic rings. The van der Waals surface area contributed by atoms with Crippen LogP contribution in [-0.4, -0.2) is 24.8 Å². The van der Waals surface area contributed by atoms with Crippen LogP contribution in [0.4, 0.5) is 0 Å². The van der Waals surface area contributed by atoms with Crippen molar-refractivity contribution >= 4 is 0 Å². The third-order valence-corrected chi connectivity index (χ3v) is 2.40. The molecule has 0 aromatic heterocycles. The molecule has 86 valence electrons. The number of aliphatic hydroxyl groups excluding tert-OH is 1. The van der Waals surface area contributed by atoms with Gasteiger partial charge in [-0.3, -0.25) is 0 Å². The monoisotopic (exact) mass is 201 g/mol. The van der Waals surface area contributed by atoms with Gasteiger partial charge in [-0.15, -0.1) is 0 Å². The van der Waals surface area contributed by atoms with E-state index in [1.54, 1.807) is 0 Å². The Kier molecular flexibility index (Phi) is 10.9. The van der Waals surface area contributed by atoms with Gasteiger partial charge in [0.25, 0.3) is 0 Å². The maximum atomic E-state index is 8.57. The predicted octanol–water partition coefficient (Wildman–Crippen LogP) is 2.56. The zero-order chi connectivity index (χ0) is 10.6. The standard InChI is InChI=1S/C12H27NO/c1-12(2)8-4-6-10-13-9-5-3-7-11-14/h12-14H,3-11H2,1-2H3. The summed E-state index contributed by atoms with van der Waals surface area (Å²) in [6.07, 6.45) is 7.31. The fourth-order valence-corrected chi connectivity index (χ4v) is 1.47. The molecule has 2 nitrogen and oxygen atoms in total. The summed E-state index contributed by atoms with van der Waals surface area (Å²) < 4.78 is 0. The zero-order valence-electron chi connectivity index (χ0n) is 9.89. The first kappa shape index (κ1) is 13.9. The lowest BCUT2D eigenvalue weighted by Crippen LogP contribution is -2.16. The highest BCUT2D eigenvalue weighted by Gasteiger charge is 1.93. The Bertz CT molecular complexity index is 104. The lowest BCUT2D eigenvalue weighted by Gasteiger charge is -2.05. The molecule has 0 atom stereocenters. The Hall–Kier alpha value is -0.0800. The number of rotatable bonds is 10. The molecule has 0 rings (SSSR count). The van der Waals surface area contributed by atoms with E-state index in [1.807, 2.05) is 0 Å². The molecule has 0 aliphatic carbocycles. The van der Waals surface area contributed by atoms with Crippen LogP contribution in [0, 0.1) is 5.92 Å². The molecule has 0 bridgehead atoms. The first-order valence-corrected chi connectivity index (χ1v) is 6.09. The van der Waals surface area contributed by atoms with Crippen molar-refractivity contribution in [3.8, 4) is 0 Å². The Labute approximate surface area is 89.1 Å². The van der Waals surface area contributed by atoms with E-state index >= 15 is 0 Å². The van der Waals surface area contributed by atoms with Crippen molar-refractivity contribution in [2.24, 2.45) is 5.92 Å². The van der Waals surface area contributed by atoms with Gasteiger partial charge in [-0.25, -0.2) is 0 Å². The topological polar surface area (TPSA) is 32.3 Å². The Morgan fingerprint density at radius 2 is 1.57 bits per heavy atom. The number of unbranched alkanes of at least 4 members (excludes halogenated alkanes) is 3. The molecular formula is C12H27NO. The van der Waals surface area contributed by atoms with Crippen molar-refractivity contribution in [1.29, 1.82) is 0 Å². The molecule has 0 heterocycles. The third kappa shape index (κ3) is 11.9. The molecule has 0 saturated carbocycles. The average Bonchev–Trinajstić information content (AvgIpc) is 2.15. The van der Waals surface area contributed by atoms with Crippen LogP contribution >= 0.6 is 0 Å². The largest absolute Gasteiger partial charge is 0.396 e. The van der Waals surface area contributed by atoms with Crippen LogP contribution in [0.2, 0.25) is 0 Å². The second-order valence-electron chi connectivity index (χ2n) is 4.42. The van der Waals surface area contributed by atoms with Crippen LogP contribution in [0.15, 0.2) is 0 Å². The molecule has 2 N–H and O–H groups in total. The van der Waals surface area contributed by atoms with Gasteiger partial charge in [-0.1, -0.05) is 26.7 Å². The molecule has 0 aromatic carbocycles. The van der Waals surface area contributed by atoms with Crippen LogP contribution in [0.1, 0.15) is 52.4 Å². The first-order chi connectivity index (χ1) is 6.77. The Balaban J connectivity index is 2.85. The van der Waals surface area contributed by atoms with Crippen LogP contribution in [-0.2, 0) is 0 Å². The molecule has 2 heteroatoms. The van der Waals surface area contributed by atoms with Crippen molar-refractivity contribution in [3.05, 3.63) is 0 Å². The molecule has 0 spiro atoms. The van der Waals surface area contributed by atoms with Crippen molar-refractivity contribution in [2.75, 3.05) is 19.7 Å². The van der Waals surface area contributed by atoms with Gasteiger partial charge in [-0.05, 0) is 44.7 Å². The lowest BCUT2D eigenvalue weighted by atomic mass is 10.1. The fraction of sp³-hybridized carbons (Fsp3) is 1.00. The van der Waals surface area contributed by atoms with Crippen molar-refractivity contribution < 1.29 is 5.11 Å². The Morgan fingerprint density at radius 1 is 0.929 bits per heavy atom. The molecule has 0 aliphatic heterocycles. The summed E-state index contributed by atoms with van der Waals surface area (Å²) in [6.45, 7) is 7.17. The normalized spacial score (nSPS) is 11.1. The smallest absolute Gasteiger partial charge is 0.0431 e. The van der Waals surface area contributed by atoms with E-state index in [0.29, 0.717) is 6.61 Å². The lowest BCUT2D eigenvalue weighted by molar-refractivity contribution is 0.283. The fourth-order valence-electron chi connectivity index (χ4n) is 1.47. The van der Waals surface area contributed by atoms with Crippen molar-refractivity contribution in [3.63, 3.8) is 0 Å². The molecule has 0 saturated heterocycles. The quantitative estimate of drug-likeness (QED) is 0.532. The van der Waals surface area contributed by atoms with E-state index in [0.717, 1.165) is 31.8 Å². The van der Waals surface area contributed by atoms with Gasteiger partial charge < -0.3 is 10.4 Å². The number of aliphatic hydroxyl groups is 1. The van der Waals surface area contributed by atoms with Gasteiger partial charge in [0.15, 0.2) is 0 Å².